The highest BCUT2D eigenvalue weighted by molar-refractivity contribution is 7.09. The van der Waals surface area contributed by atoms with Gasteiger partial charge in [0, 0.05) is 24.1 Å². The van der Waals surface area contributed by atoms with Crippen molar-refractivity contribution in [3.05, 3.63) is 65.4 Å². The molecule has 0 atom stereocenters. The van der Waals surface area contributed by atoms with Crippen LogP contribution in [0.5, 0.6) is 5.75 Å². The normalized spacial score (nSPS) is 22.0. The van der Waals surface area contributed by atoms with Crippen molar-refractivity contribution in [3.8, 4) is 16.2 Å². The number of aromatic nitrogens is 1. The van der Waals surface area contributed by atoms with Gasteiger partial charge in [0.25, 0.3) is 0 Å². The number of aryl methyl sites for hydroxylation is 1. The highest BCUT2D eigenvalue weighted by atomic mass is 32.1. The predicted molar refractivity (Wildman–Crippen MR) is 161 cm³/mol. The Morgan fingerprint density at radius 1 is 0.923 bits per heavy atom. The van der Waals surface area contributed by atoms with E-state index in [9.17, 15) is 4.79 Å². The first-order valence-corrected chi connectivity index (χ1v) is 15.9. The molecule has 206 valence electrons. The maximum Gasteiger partial charge on any atom is 0.230 e. The monoisotopic (exact) mass is 542 g/mol. The SMILES string of the molecule is COc1ccc(C2CCC(CN(C(=O)C3CCCCC3)c3cccc(-c4cc(C5CC5)ns4)c3)CC2)cc1C. The Balaban J connectivity index is 1.19. The largest absolute Gasteiger partial charge is 0.496 e. The summed E-state index contributed by atoms with van der Waals surface area (Å²) in [6, 6.07) is 17.7. The quantitative estimate of drug-likeness (QED) is 0.285. The Labute approximate surface area is 237 Å². The number of methoxy groups -OCH3 is 1. The summed E-state index contributed by atoms with van der Waals surface area (Å²) < 4.78 is 10.2. The fourth-order valence-corrected chi connectivity index (χ4v) is 7.62. The molecule has 5 heteroatoms. The number of hydrogen-bond acceptors (Lipinski definition) is 4. The van der Waals surface area contributed by atoms with Crippen LogP contribution in [-0.2, 0) is 4.79 Å². The smallest absolute Gasteiger partial charge is 0.230 e. The summed E-state index contributed by atoms with van der Waals surface area (Å²) in [5, 5.41) is 0. The fraction of sp³-hybridized carbons (Fsp3) is 0.529. The third kappa shape index (κ3) is 6.09. The lowest BCUT2D eigenvalue weighted by Crippen LogP contribution is -2.41. The topological polar surface area (TPSA) is 42.4 Å². The standard InChI is InChI=1S/C34H42N2O2S/c1-23-19-28(17-18-32(23)38-2)25-13-11-24(12-14-25)22-36(34(37)27-7-4-3-5-8-27)30-10-6-9-29(20-30)33-21-31(35-39-33)26-15-16-26/h6,9-10,17-21,24-27H,3-5,7-8,11-16,22H2,1-2H3. The molecule has 0 bridgehead atoms. The minimum absolute atomic E-state index is 0.172. The lowest BCUT2D eigenvalue weighted by atomic mass is 9.78. The van der Waals surface area contributed by atoms with E-state index in [1.807, 2.05) is 0 Å². The van der Waals surface area contributed by atoms with Crippen LogP contribution in [0.3, 0.4) is 0 Å². The van der Waals surface area contributed by atoms with E-state index in [0.717, 1.165) is 30.8 Å². The minimum Gasteiger partial charge on any atom is -0.496 e. The number of benzene rings is 2. The van der Waals surface area contributed by atoms with Crippen LogP contribution in [0, 0.1) is 18.8 Å². The van der Waals surface area contributed by atoms with Gasteiger partial charge in [0.2, 0.25) is 5.91 Å². The first-order valence-electron chi connectivity index (χ1n) is 15.1. The van der Waals surface area contributed by atoms with Crippen LogP contribution < -0.4 is 9.64 Å². The number of anilines is 1. The maximum absolute atomic E-state index is 14.0. The van der Waals surface area contributed by atoms with Crippen molar-refractivity contribution in [3.63, 3.8) is 0 Å². The summed E-state index contributed by atoms with van der Waals surface area (Å²) in [6.45, 7) is 2.97. The number of hydrogen-bond donors (Lipinski definition) is 0. The van der Waals surface area contributed by atoms with E-state index in [-0.39, 0.29) is 5.92 Å². The zero-order valence-corrected chi connectivity index (χ0v) is 24.3. The van der Waals surface area contributed by atoms with Gasteiger partial charge in [-0.15, -0.1) is 0 Å². The van der Waals surface area contributed by atoms with Crippen LogP contribution >= 0.6 is 11.5 Å². The van der Waals surface area contributed by atoms with Gasteiger partial charge in [-0.25, -0.2) is 0 Å². The van der Waals surface area contributed by atoms with Gasteiger partial charge in [-0.2, -0.15) is 4.37 Å². The van der Waals surface area contributed by atoms with Gasteiger partial charge in [-0.05, 0) is 123 Å². The molecule has 39 heavy (non-hydrogen) atoms. The Bertz CT molecular complexity index is 1280. The zero-order chi connectivity index (χ0) is 26.8. The number of carbonyl (C=O) groups excluding carboxylic acids is 1. The molecule has 0 radical (unpaired) electrons. The fourth-order valence-electron chi connectivity index (χ4n) is 6.81. The van der Waals surface area contributed by atoms with E-state index < -0.39 is 0 Å². The molecule has 0 N–H and O–H groups in total. The molecule has 2 aromatic carbocycles. The van der Waals surface area contributed by atoms with Gasteiger partial charge in [-0.3, -0.25) is 4.79 Å². The van der Waals surface area contributed by atoms with Gasteiger partial charge < -0.3 is 9.64 Å². The predicted octanol–water partition coefficient (Wildman–Crippen LogP) is 8.89. The molecular formula is C34H42N2O2S. The van der Waals surface area contributed by atoms with Crippen LogP contribution in [0.1, 0.15) is 99.3 Å². The molecule has 6 rings (SSSR count). The molecule has 0 unspecified atom stereocenters. The summed E-state index contributed by atoms with van der Waals surface area (Å²) >= 11 is 1.60. The van der Waals surface area contributed by atoms with Crippen molar-refractivity contribution < 1.29 is 9.53 Å². The van der Waals surface area contributed by atoms with Crippen LogP contribution in [0.15, 0.2) is 48.5 Å². The number of ether oxygens (including phenoxy) is 1. The van der Waals surface area contributed by atoms with Gasteiger partial charge >= 0.3 is 0 Å². The van der Waals surface area contributed by atoms with Crippen molar-refractivity contribution >= 4 is 23.1 Å². The molecule has 0 saturated heterocycles. The second-order valence-electron chi connectivity index (χ2n) is 12.2. The van der Waals surface area contributed by atoms with E-state index in [4.69, 9.17) is 9.11 Å². The summed E-state index contributed by atoms with van der Waals surface area (Å²) in [5.41, 5.74) is 6.16. The molecule has 0 spiro atoms. The average molecular weight is 543 g/mol. The molecule has 4 nitrogen and oxygen atoms in total. The number of carbonyl (C=O) groups is 1. The van der Waals surface area contributed by atoms with Crippen molar-refractivity contribution in [2.45, 2.75) is 89.4 Å². The van der Waals surface area contributed by atoms with Crippen molar-refractivity contribution in [1.82, 2.24) is 4.37 Å². The van der Waals surface area contributed by atoms with E-state index in [0.29, 0.717) is 23.7 Å². The van der Waals surface area contributed by atoms with Crippen molar-refractivity contribution in [2.75, 3.05) is 18.6 Å². The van der Waals surface area contributed by atoms with Gasteiger partial charge in [0.1, 0.15) is 5.75 Å². The number of amides is 1. The summed E-state index contributed by atoms with van der Waals surface area (Å²) in [4.78, 5) is 17.4. The lowest BCUT2D eigenvalue weighted by Gasteiger charge is -2.35. The molecule has 1 aromatic heterocycles. The number of rotatable bonds is 8. The van der Waals surface area contributed by atoms with Crippen LogP contribution in [0.4, 0.5) is 5.69 Å². The molecular weight excluding hydrogens is 500 g/mol. The van der Waals surface area contributed by atoms with E-state index in [2.05, 4.69) is 60.4 Å². The minimum atomic E-state index is 0.172. The Morgan fingerprint density at radius 3 is 2.41 bits per heavy atom. The van der Waals surface area contributed by atoms with Gasteiger partial charge in [-0.1, -0.05) is 43.5 Å². The third-order valence-corrected chi connectivity index (χ3v) is 10.2. The zero-order valence-electron chi connectivity index (χ0n) is 23.5. The van der Waals surface area contributed by atoms with E-state index in [1.54, 1.807) is 18.6 Å². The second kappa shape index (κ2) is 11.8. The highest BCUT2D eigenvalue weighted by Crippen LogP contribution is 2.43. The molecule has 3 fully saturated rings. The van der Waals surface area contributed by atoms with Crippen LogP contribution in [0.25, 0.3) is 10.4 Å². The second-order valence-corrected chi connectivity index (χ2v) is 13.0. The molecule has 3 saturated carbocycles. The van der Waals surface area contributed by atoms with Crippen molar-refractivity contribution in [2.24, 2.45) is 11.8 Å². The van der Waals surface area contributed by atoms with Crippen LogP contribution in [-0.4, -0.2) is 23.9 Å². The molecule has 1 amide bonds. The first kappa shape index (κ1) is 26.6. The molecule has 3 aromatic rings. The molecule has 1 heterocycles. The molecule has 3 aliphatic carbocycles. The number of nitrogens with zero attached hydrogens (tertiary/aromatic N) is 2. The van der Waals surface area contributed by atoms with Gasteiger partial charge in [0.15, 0.2) is 0 Å². The highest BCUT2D eigenvalue weighted by Gasteiger charge is 2.31. The van der Waals surface area contributed by atoms with Crippen LogP contribution in [0.2, 0.25) is 0 Å². The third-order valence-electron chi connectivity index (χ3n) is 9.36. The lowest BCUT2D eigenvalue weighted by molar-refractivity contribution is -0.123. The van der Waals surface area contributed by atoms with Gasteiger partial charge in [0.05, 0.1) is 17.7 Å². The Morgan fingerprint density at radius 2 is 1.69 bits per heavy atom. The summed E-state index contributed by atoms with van der Waals surface area (Å²) in [5.74, 6) is 3.30. The Hall–Kier alpha value is -2.66. The first-order chi connectivity index (χ1) is 19.1. The summed E-state index contributed by atoms with van der Waals surface area (Å²) in [6.07, 6.45) is 13.0. The van der Waals surface area contributed by atoms with E-state index >= 15 is 0 Å². The average Bonchev–Trinajstić information content (AvgIpc) is 3.72. The molecule has 3 aliphatic rings. The molecule has 0 aliphatic heterocycles. The van der Waals surface area contributed by atoms with Crippen molar-refractivity contribution in [1.29, 1.82) is 0 Å². The summed E-state index contributed by atoms with van der Waals surface area (Å²) in [7, 11) is 1.74. The Kier molecular flexibility index (Phi) is 8.06. The van der Waals surface area contributed by atoms with E-state index in [1.165, 1.54) is 85.0 Å². The maximum atomic E-state index is 14.0.